The number of carbonyl (C=O) groups is 1. The molecule has 1 aromatic carbocycles. The summed E-state index contributed by atoms with van der Waals surface area (Å²) in [6.45, 7) is 3.32. The Bertz CT molecular complexity index is 1200. The minimum Gasteiger partial charge on any atom is -0.773 e. The van der Waals surface area contributed by atoms with Crippen molar-refractivity contribution in [1.29, 1.82) is 0 Å². The molecule has 0 spiro atoms. The average Bonchev–Trinajstić information content (AvgIpc) is 2.75. The summed E-state index contributed by atoms with van der Waals surface area (Å²) in [6, 6.07) is 4.02. The molecule has 0 aliphatic carbocycles. The van der Waals surface area contributed by atoms with E-state index in [0.29, 0.717) is 5.69 Å². The molecule has 176 valence electrons. The molecule has 4 rings (SSSR count). The first-order valence-electron chi connectivity index (χ1n) is 10.0. The van der Waals surface area contributed by atoms with Gasteiger partial charge in [-0.3, -0.25) is 4.21 Å². The number of fused-ring (bicyclic) bond motifs is 1. The van der Waals surface area contributed by atoms with E-state index in [4.69, 9.17) is 8.76 Å². The lowest BCUT2D eigenvalue weighted by atomic mass is 10.0. The zero-order valence-electron chi connectivity index (χ0n) is 17.9. The van der Waals surface area contributed by atoms with Gasteiger partial charge in [0.15, 0.2) is 5.82 Å². The van der Waals surface area contributed by atoms with E-state index in [0.717, 1.165) is 44.5 Å². The van der Waals surface area contributed by atoms with Gasteiger partial charge in [0, 0.05) is 22.7 Å². The third-order valence-corrected chi connectivity index (χ3v) is 4.92. The summed E-state index contributed by atoms with van der Waals surface area (Å²) in [5.74, 6) is -2.44. The van der Waals surface area contributed by atoms with Crippen LogP contribution in [0.1, 0.15) is 28.9 Å². The number of carboxylic acids is 1. The quantitative estimate of drug-likeness (QED) is 0.483. The number of hydrogen-bond acceptors (Lipinski definition) is 8. The van der Waals surface area contributed by atoms with Gasteiger partial charge in [-0.1, -0.05) is 11.1 Å². The van der Waals surface area contributed by atoms with Gasteiger partial charge in [0.1, 0.15) is 17.0 Å². The van der Waals surface area contributed by atoms with Gasteiger partial charge in [-0.05, 0) is 57.3 Å². The van der Waals surface area contributed by atoms with Crippen molar-refractivity contribution in [2.75, 3.05) is 24.7 Å². The second-order valence-electron chi connectivity index (χ2n) is 7.43. The molecule has 0 radical (unpaired) electrons. The Morgan fingerprint density at radius 3 is 2.52 bits per heavy atom. The van der Waals surface area contributed by atoms with Gasteiger partial charge in [0.05, 0.1) is 11.8 Å². The lowest BCUT2D eigenvalue weighted by molar-refractivity contribution is 0.0699. The summed E-state index contributed by atoms with van der Waals surface area (Å²) in [5, 5.41) is 16.0. The Hall–Kier alpha value is -3.09. The Balaban J connectivity index is 0.000000709. The summed E-state index contributed by atoms with van der Waals surface area (Å²) in [7, 11) is 0. The molecule has 3 heterocycles. The largest absolute Gasteiger partial charge is 0.773 e. The number of carboxylic acid groups (broad SMARTS) is 1. The number of rotatable bonds is 4. The second-order valence-corrected chi connectivity index (χ2v) is 8.23. The number of aryl methyl sites for hydroxylation is 1. The van der Waals surface area contributed by atoms with Gasteiger partial charge in [-0.2, -0.15) is 0 Å². The molecule has 12 heteroatoms. The minimum absolute atomic E-state index is 0.0753. The van der Waals surface area contributed by atoms with Crippen LogP contribution in [0.5, 0.6) is 0 Å². The third kappa shape index (κ3) is 6.24. The van der Waals surface area contributed by atoms with Crippen molar-refractivity contribution in [3.63, 3.8) is 0 Å². The summed E-state index contributed by atoms with van der Waals surface area (Å²) >= 11 is -1.86. The summed E-state index contributed by atoms with van der Waals surface area (Å²) in [4.78, 5) is 23.9. The van der Waals surface area contributed by atoms with Gasteiger partial charge in [-0.25, -0.2) is 28.5 Å². The first-order valence-corrected chi connectivity index (χ1v) is 11.5. The maximum atomic E-state index is 14.7. The van der Waals surface area contributed by atoms with E-state index >= 15 is 0 Å². The van der Waals surface area contributed by atoms with Crippen molar-refractivity contribution in [3.8, 4) is 11.3 Å². The van der Waals surface area contributed by atoms with Crippen molar-refractivity contribution in [2.45, 2.75) is 25.8 Å². The monoisotopic (exact) mass is 478 g/mol. The third-order valence-electron chi connectivity index (χ3n) is 4.92. The number of nitrogens with one attached hydrogen (secondary N) is 2. The highest BCUT2D eigenvalue weighted by atomic mass is 32.2. The number of aromatic carboxylic acids is 1. The molecule has 1 unspecified atom stereocenters. The maximum Gasteiger partial charge on any atom is 0.336 e. The lowest BCUT2D eigenvalue weighted by Gasteiger charge is -2.23. The molecular formula is C21H22F2N5O4S-. The van der Waals surface area contributed by atoms with E-state index in [-0.39, 0.29) is 39.7 Å². The topological polar surface area (TPSA) is 140 Å². The smallest absolute Gasteiger partial charge is 0.336 e. The number of hydrogen-bond donors (Lipinski definition) is 3. The minimum atomic E-state index is -1.86. The maximum absolute atomic E-state index is 14.7. The number of piperidine rings is 1. The molecule has 3 aromatic rings. The molecule has 33 heavy (non-hydrogen) atoms. The highest BCUT2D eigenvalue weighted by Gasteiger charge is 2.19. The fraction of sp³-hybridized carbons (Fsp3) is 0.333. The molecular weight excluding hydrogens is 456 g/mol. The zero-order chi connectivity index (χ0) is 24.1. The number of nitrogens with zero attached hydrogens (tertiary/aromatic N) is 3. The predicted molar refractivity (Wildman–Crippen MR) is 119 cm³/mol. The van der Waals surface area contributed by atoms with Crippen LogP contribution in [0.25, 0.3) is 22.2 Å². The Labute approximate surface area is 191 Å². The summed E-state index contributed by atoms with van der Waals surface area (Å²) < 4.78 is 47.2. The van der Waals surface area contributed by atoms with Crippen LogP contribution in [0.15, 0.2) is 24.4 Å². The van der Waals surface area contributed by atoms with Crippen LogP contribution >= 0.6 is 0 Å². The van der Waals surface area contributed by atoms with E-state index in [2.05, 4.69) is 25.6 Å². The molecule has 1 fully saturated rings. The standard InChI is InChI=1S/C20H19F2N5O2.CH4O2S/c1-10-6-14(19(28)29)13-7-11(8-15(21)18(13)25-10)17-16(22)9-24-20(27-17)26-12-2-4-23-5-3-12;1-4(2)3/h6-9,12,23H,2-5H2,1H3,(H,28,29)(H,24,26,27);1H3,(H,2,3)/p-1. The molecule has 0 amide bonds. The van der Waals surface area contributed by atoms with Gasteiger partial charge >= 0.3 is 5.97 Å². The SMILES string of the molecule is CS(=O)[O-].Cc1cc(C(=O)O)c2cc(-c3nc(NC4CCNCC4)ncc3F)cc(F)c2n1. The van der Waals surface area contributed by atoms with Gasteiger partial charge in [0.2, 0.25) is 5.95 Å². The van der Waals surface area contributed by atoms with Crippen LogP contribution in [0.2, 0.25) is 0 Å². The molecule has 1 saturated heterocycles. The van der Waals surface area contributed by atoms with Crippen LogP contribution in [0.3, 0.4) is 0 Å². The van der Waals surface area contributed by atoms with Gasteiger partial charge in [-0.15, -0.1) is 0 Å². The Kier molecular flexibility index (Phi) is 7.95. The predicted octanol–water partition coefficient (Wildman–Crippen LogP) is 2.64. The van der Waals surface area contributed by atoms with Gasteiger partial charge in [0.25, 0.3) is 0 Å². The van der Waals surface area contributed by atoms with Crippen molar-refractivity contribution in [2.24, 2.45) is 0 Å². The molecule has 3 N–H and O–H groups in total. The number of benzene rings is 1. The van der Waals surface area contributed by atoms with E-state index in [1.54, 1.807) is 6.92 Å². The van der Waals surface area contributed by atoms with Crippen LogP contribution in [0.4, 0.5) is 14.7 Å². The lowest BCUT2D eigenvalue weighted by Crippen LogP contribution is -2.35. The average molecular weight is 479 g/mol. The van der Waals surface area contributed by atoms with Crippen LogP contribution in [-0.4, -0.2) is 60.2 Å². The van der Waals surface area contributed by atoms with Crippen molar-refractivity contribution < 1.29 is 27.4 Å². The Morgan fingerprint density at radius 1 is 1.21 bits per heavy atom. The summed E-state index contributed by atoms with van der Waals surface area (Å²) in [5.41, 5.74) is 0.221. The fourth-order valence-corrected chi connectivity index (χ4v) is 3.51. The molecule has 0 bridgehead atoms. The van der Waals surface area contributed by atoms with Crippen LogP contribution < -0.4 is 10.6 Å². The van der Waals surface area contributed by atoms with Crippen molar-refractivity contribution in [1.82, 2.24) is 20.3 Å². The molecule has 1 atom stereocenters. The van der Waals surface area contributed by atoms with Crippen molar-refractivity contribution in [3.05, 3.63) is 47.3 Å². The first-order chi connectivity index (χ1) is 15.7. The number of aromatic nitrogens is 3. The molecule has 2 aromatic heterocycles. The number of halogens is 2. The zero-order valence-corrected chi connectivity index (χ0v) is 18.7. The molecule has 0 saturated carbocycles. The fourth-order valence-electron chi connectivity index (χ4n) is 3.51. The molecule has 1 aliphatic heterocycles. The number of pyridine rings is 1. The van der Waals surface area contributed by atoms with Crippen LogP contribution in [-0.2, 0) is 11.1 Å². The first kappa shape index (κ1) is 24.6. The van der Waals surface area contributed by atoms with E-state index in [1.165, 1.54) is 12.1 Å². The Morgan fingerprint density at radius 2 is 1.88 bits per heavy atom. The van der Waals surface area contributed by atoms with Crippen molar-refractivity contribution >= 4 is 33.9 Å². The highest BCUT2D eigenvalue weighted by Crippen LogP contribution is 2.29. The van der Waals surface area contributed by atoms with Crippen LogP contribution in [0, 0.1) is 18.6 Å². The van der Waals surface area contributed by atoms with E-state index in [9.17, 15) is 18.7 Å². The molecule has 1 aliphatic rings. The van der Waals surface area contributed by atoms with Gasteiger partial charge < -0.3 is 20.3 Å². The van der Waals surface area contributed by atoms with E-state index < -0.39 is 28.7 Å². The highest BCUT2D eigenvalue weighted by molar-refractivity contribution is 7.78. The normalized spacial score (nSPS) is 14.9. The second kappa shape index (κ2) is 10.7. The molecule has 9 nitrogen and oxygen atoms in total. The summed E-state index contributed by atoms with van der Waals surface area (Å²) in [6.07, 6.45) is 3.88. The van der Waals surface area contributed by atoms with E-state index in [1.807, 2.05) is 0 Å². The number of anilines is 1.